The maximum Gasteiger partial charge on any atom is 0.251 e. The smallest absolute Gasteiger partial charge is 0.251 e. The number of piperidine rings is 1. The van der Waals surface area contributed by atoms with E-state index in [1.807, 2.05) is 13.8 Å². The summed E-state index contributed by atoms with van der Waals surface area (Å²) in [5.41, 5.74) is 0.380. The second-order valence-corrected chi connectivity index (χ2v) is 9.59. The molecule has 1 aliphatic heterocycles. The molecule has 0 bridgehead atoms. The molecule has 1 fully saturated rings. The van der Waals surface area contributed by atoms with Crippen LogP contribution in [0.15, 0.2) is 29.2 Å². The Labute approximate surface area is 164 Å². The highest BCUT2D eigenvalue weighted by atomic mass is 32.2. The van der Waals surface area contributed by atoms with Crippen LogP contribution in [0, 0.1) is 0 Å². The zero-order valence-electron chi connectivity index (χ0n) is 17.0. The number of hydrogen-bond acceptors (Lipinski definition) is 4. The molecule has 1 saturated heterocycles. The fraction of sp³-hybridized carbons (Fsp3) is 0.650. The summed E-state index contributed by atoms with van der Waals surface area (Å²) < 4.78 is 26.5. The van der Waals surface area contributed by atoms with E-state index in [1.165, 1.54) is 35.7 Å². The van der Waals surface area contributed by atoms with Gasteiger partial charge in [0.15, 0.2) is 0 Å². The molecule has 0 spiro atoms. The Morgan fingerprint density at radius 1 is 1.07 bits per heavy atom. The molecule has 2 rings (SSSR count). The maximum absolute atomic E-state index is 12.5. The number of carbonyl (C=O) groups is 1. The number of rotatable bonds is 8. The van der Waals surface area contributed by atoms with E-state index in [1.54, 1.807) is 12.1 Å². The molecule has 0 radical (unpaired) electrons. The molecular formula is C20H33N3O3S. The maximum atomic E-state index is 12.5. The lowest BCUT2D eigenvalue weighted by Gasteiger charge is -2.41. The summed E-state index contributed by atoms with van der Waals surface area (Å²) in [5, 5.41) is 3.00. The summed E-state index contributed by atoms with van der Waals surface area (Å²) in [6.07, 6.45) is 3.70. The summed E-state index contributed by atoms with van der Waals surface area (Å²) in [5.74, 6) is -0.174. The van der Waals surface area contributed by atoms with Crippen LogP contribution in [-0.4, -0.2) is 61.8 Å². The Morgan fingerprint density at radius 3 is 2.15 bits per heavy atom. The van der Waals surface area contributed by atoms with Gasteiger partial charge in [0.05, 0.1) is 4.90 Å². The first-order valence-corrected chi connectivity index (χ1v) is 11.3. The highest BCUT2D eigenvalue weighted by molar-refractivity contribution is 7.89. The van der Waals surface area contributed by atoms with Crippen LogP contribution >= 0.6 is 0 Å². The van der Waals surface area contributed by atoms with E-state index in [0.717, 1.165) is 13.1 Å². The fourth-order valence-electron chi connectivity index (χ4n) is 3.50. The minimum absolute atomic E-state index is 0.0951. The van der Waals surface area contributed by atoms with Crippen molar-refractivity contribution >= 4 is 15.9 Å². The molecule has 0 saturated carbocycles. The molecule has 1 amide bonds. The Morgan fingerprint density at radius 2 is 1.63 bits per heavy atom. The molecule has 6 nitrogen and oxygen atoms in total. The van der Waals surface area contributed by atoms with Gasteiger partial charge in [-0.25, -0.2) is 8.42 Å². The number of sulfonamides is 1. The number of benzene rings is 1. The van der Waals surface area contributed by atoms with Crippen molar-refractivity contribution in [3.05, 3.63) is 29.8 Å². The molecule has 0 unspecified atom stereocenters. The van der Waals surface area contributed by atoms with Gasteiger partial charge in [-0.15, -0.1) is 0 Å². The van der Waals surface area contributed by atoms with E-state index in [2.05, 4.69) is 24.1 Å². The van der Waals surface area contributed by atoms with E-state index in [-0.39, 0.29) is 16.3 Å². The number of nitrogens with zero attached hydrogens (tertiary/aromatic N) is 2. The lowest BCUT2D eigenvalue weighted by atomic mass is 9.98. The Balaban J connectivity index is 2.01. The van der Waals surface area contributed by atoms with Gasteiger partial charge in [0, 0.05) is 30.7 Å². The average molecular weight is 396 g/mol. The van der Waals surface area contributed by atoms with Gasteiger partial charge in [-0.3, -0.25) is 9.69 Å². The molecule has 1 aromatic carbocycles. The van der Waals surface area contributed by atoms with Crippen molar-refractivity contribution in [1.29, 1.82) is 0 Å². The van der Waals surface area contributed by atoms with Crippen molar-refractivity contribution in [2.45, 2.75) is 57.4 Å². The molecule has 0 aliphatic carbocycles. The highest BCUT2D eigenvalue weighted by Crippen LogP contribution is 2.20. The van der Waals surface area contributed by atoms with Crippen molar-refractivity contribution in [3.8, 4) is 0 Å². The van der Waals surface area contributed by atoms with Crippen molar-refractivity contribution in [3.63, 3.8) is 0 Å². The Hall–Kier alpha value is -1.44. The number of hydrogen-bond donors (Lipinski definition) is 1. The third-order valence-electron chi connectivity index (χ3n) is 5.35. The van der Waals surface area contributed by atoms with Crippen molar-refractivity contribution in [2.75, 3.05) is 32.7 Å². The molecule has 1 aliphatic rings. The Kier molecular flexibility index (Phi) is 7.42. The SMILES string of the molecule is CCN(CC)S(=O)(=O)c1ccc(C(=O)NCC(C)(C)N2CCCCC2)cc1. The quantitative estimate of drug-likeness (QED) is 0.735. The van der Waals surface area contributed by atoms with Crippen molar-refractivity contribution in [2.24, 2.45) is 0 Å². The Bertz CT molecular complexity index is 719. The molecule has 1 heterocycles. The van der Waals surface area contributed by atoms with Gasteiger partial charge in [0.2, 0.25) is 10.0 Å². The normalized spacial score (nSPS) is 16.5. The zero-order valence-corrected chi connectivity index (χ0v) is 17.8. The van der Waals surface area contributed by atoms with Crippen molar-refractivity contribution < 1.29 is 13.2 Å². The summed E-state index contributed by atoms with van der Waals surface area (Å²) in [7, 11) is -3.50. The largest absolute Gasteiger partial charge is 0.350 e. The van der Waals surface area contributed by atoms with Crippen LogP contribution < -0.4 is 5.32 Å². The van der Waals surface area contributed by atoms with Gasteiger partial charge in [0.1, 0.15) is 0 Å². The van der Waals surface area contributed by atoms with Gasteiger partial charge in [-0.1, -0.05) is 20.3 Å². The number of nitrogens with one attached hydrogen (secondary N) is 1. The summed E-state index contributed by atoms with van der Waals surface area (Å²) >= 11 is 0. The third kappa shape index (κ3) is 5.30. The minimum Gasteiger partial charge on any atom is -0.350 e. The first kappa shape index (κ1) is 21.9. The minimum atomic E-state index is -3.50. The van der Waals surface area contributed by atoms with E-state index in [4.69, 9.17) is 0 Å². The second kappa shape index (κ2) is 9.17. The van der Waals surface area contributed by atoms with Crippen LogP contribution in [0.2, 0.25) is 0 Å². The molecule has 7 heteroatoms. The molecule has 1 aromatic rings. The topological polar surface area (TPSA) is 69.7 Å². The predicted molar refractivity (Wildman–Crippen MR) is 108 cm³/mol. The van der Waals surface area contributed by atoms with Crippen LogP contribution in [0.4, 0.5) is 0 Å². The van der Waals surface area contributed by atoms with Crippen LogP contribution in [0.25, 0.3) is 0 Å². The summed E-state index contributed by atoms with van der Waals surface area (Å²) in [6.45, 7) is 11.5. The molecule has 0 atom stereocenters. The summed E-state index contributed by atoms with van der Waals surface area (Å²) in [4.78, 5) is 15.1. The first-order chi connectivity index (χ1) is 12.7. The van der Waals surface area contributed by atoms with Gasteiger partial charge in [-0.2, -0.15) is 4.31 Å². The van der Waals surface area contributed by atoms with Crippen LogP contribution in [0.3, 0.4) is 0 Å². The molecule has 1 N–H and O–H groups in total. The van der Waals surface area contributed by atoms with Gasteiger partial charge in [-0.05, 0) is 64.0 Å². The zero-order chi connectivity index (χ0) is 20.1. The lowest BCUT2D eigenvalue weighted by Crippen LogP contribution is -2.53. The fourth-order valence-corrected chi connectivity index (χ4v) is 4.96. The third-order valence-corrected chi connectivity index (χ3v) is 7.42. The number of carbonyl (C=O) groups excluding carboxylic acids is 1. The van der Waals surface area contributed by atoms with Crippen LogP contribution in [0.5, 0.6) is 0 Å². The van der Waals surface area contributed by atoms with E-state index < -0.39 is 10.0 Å². The predicted octanol–water partition coefficient (Wildman–Crippen LogP) is 2.71. The van der Waals surface area contributed by atoms with E-state index in [0.29, 0.717) is 25.2 Å². The first-order valence-electron chi connectivity index (χ1n) is 9.86. The second-order valence-electron chi connectivity index (χ2n) is 7.66. The van der Waals surface area contributed by atoms with Gasteiger partial charge in [0.25, 0.3) is 5.91 Å². The molecule has 152 valence electrons. The van der Waals surface area contributed by atoms with Crippen LogP contribution in [0.1, 0.15) is 57.3 Å². The van der Waals surface area contributed by atoms with E-state index in [9.17, 15) is 13.2 Å². The standard InChI is InChI=1S/C20H33N3O3S/c1-5-23(6-2)27(25,26)18-12-10-17(11-13-18)19(24)21-16-20(3,4)22-14-8-7-9-15-22/h10-13H,5-9,14-16H2,1-4H3,(H,21,24). The molecular weight excluding hydrogens is 362 g/mol. The van der Waals surface area contributed by atoms with E-state index >= 15 is 0 Å². The molecule has 0 aromatic heterocycles. The lowest BCUT2D eigenvalue weighted by molar-refractivity contribution is 0.0797. The van der Waals surface area contributed by atoms with Crippen LogP contribution in [-0.2, 0) is 10.0 Å². The highest BCUT2D eigenvalue weighted by Gasteiger charge is 2.28. The number of amides is 1. The molecule has 27 heavy (non-hydrogen) atoms. The monoisotopic (exact) mass is 395 g/mol. The average Bonchev–Trinajstić information content (AvgIpc) is 2.67. The van der Waals surface area contributed by atoms with Crippen molar-refractivity contribution in [1.82, 2.24) is 14.5 Å². The van der Waals surface area contributed by atoms with Gasteiger partial charge >= 0.3 is 0 Å². The van der Waals surface area contributed by atoms with Gasteiger partial charge < -0.3 is 5.32 Å². The number of likely N-dealkylation sites (tertiary alicyclic amines) is 1. The summed E-state index contributed by atoms with van der Waals surface area (Å²) in [6, 6.07) is 6.19.